The molecule has 0 aliphatic carbocycles. The van der Waals surface area contributed by atoms with E-state index < -0.39 is 0 Å². The topological polar surface area (TPSA) is 0 Å². The highest BCUT2D eigenvalue weighted by Gasteiger charge is 2.05. The molecule has 0 saturated heterocycles. The predicted molar refractivity (Wildman–Crippen MR) is 97.6 cm³/mol. The molecule has 0 saturated carbocycles. The molecule has 0 nitrogen and oxygen atoms in total. The Hall–Kier alpha value is -1.91. The molecule has 0 aliphatic rings. The van der Waals surface area contributed by atoms with Gasteiger partial charge in [-0.05, 0) is 28.4 Å². The van der Waals surface area contributed by atoms with Crippen molar-refractivity contribution in [1.82, 2.24) is 0 Å². The summed E-state index contributed by atoms with van der Waals surface area (Å²) in [4.78, 5) is 0. The van der Waals surface area contributed by atoms with Gasteiger partial charge in [-0.1, -0.05) is 91.9 Å². The third kappa shape index (κ3) is 4.28. The van der Waals surface area contributed by atoms with Gasteiger partial charge in [-0.25, -0.2) is 0 Å². The van der Waals surface area contributed by atoms with Crippen LogP contribution < -0.4 is 0 Å². The fraction of sp³-hybridized carbons (Fsp3) is 0.100. The van der Waals surface area contributed by atoms with Crippen LogP contribution in [0.3, 0.4) is 0 Å². The fourth-order valence-corrected chi connectivity index (χ4v) is 2.22. The Morgan fingerprint density at radius 2 is 0.857 bits per heavy atom. The maximum absolute atomic E-state index is 2.58. The molecule has 0 N–H and O–H groups in total. The van der Waals surface area contributed by atoms with Crippen LogP contribution in [-0.2, 0) is 0 Å². The summed E-state index contributed by atoms with van der Waals surface area (Å²) in [7, 11) is 2.58. The molecule has 0 radical (unpaired) electrons. The molecule has 0 aliphatic heterocycles. The minimum Gasteiger partial charge on any atom is -0.138 e. The molecular weight excluding hydrogens is 271 g/mol. The van der Waals surface area contributed by atoms with Gasteiger partial charge in [0.05, 0.1) is 0 Å². The smallest absolute Gasteiger partial charge is 0.0105 e. The molecule has 0 aromatic heterocycles. The minimum absolute atomic E-state index is 1.17. The van der Waals surface area contributed by atoms with Crippen molar-refractivity contribution in [2.45, 2.75) is 6.92 Å². The van der Waals surface area contributed by atoms with Crippen LogP contribution in [0.4, 0.5) is 0 Å². The molecule has 1 atom stereocenters. The maximum Gasteiger partial charge on any atom is -0.0105 e. The molecule has 3 aromatic carbocycles. The van der Waals surface area contributed by atoms with Gasteiger partial charge in [0.15, 0.2) is 0 Å². The van der Waals surface area contributed by atoms with Gasteiger partial charge in [0.2, 0.25) is 0 Å². The van der Waals surface area contributed by atoms with Crippen molar-refractivity contribution in [1.29, 1.82) is 0 Å². The van der Waals surface area contributed by atoms with Gasteiger partial charge in [0.25, 0.3) is 0 Å². The van der Waals surface area contributed by atoms with E-state index in [4.69, 9.17) is 0 Å². The Balaban J connectivity index is 0.000000497. The van der Waals surface area contributed by atoms with Gasteiger partial charge in [-0.15, -0.1) is 9.24 Å². The number of hydrogen-bond donors (Lipinski definition) is 0. The first-order chi connectivity index (χ1) is 10.4. The third-order valence-corrected chi connectivity index (χ3v) is 3.10. The van der Waals surface area contributed by atoms with Gasteiger partial charge in [0.1, 0.15) is 0 Å². The summed E-state index contributed by atoms with van der Waals surface area (Å²) in [5, 5.41) is 0. The van der Waals surface area contributed by atoms with E-state index in [-0.39, 0.29) is 0 Å². The van der Waals surface area contributed by atoms with E-state index in [0.717, 1.165) is 0 Å². The summed E-state index contributed by atoms with van der Waals surface area (Å²) in [5.74, 6) is 0. The van der Waals surface area contributed by atoms with E-state index in [1.165, 1.54) is 28.4 Å². The summed E-state index contributed by atoms with van der Waals surface area (Å²) >= 11 is 0. The first-order valence-corrected chi connectivity index (χ1v) is 8.08. The fourth-order valence-electron chi connectivity index (χ4n) is 2.22. The molecular formula is C20H21P. The van der Waals surface area contributed by atoms with Gasteiger partial charge in [-0.2, -0.15) is 0 Å². The Kier molecular flexibility index (Phi) is 6.19. The zero-order chi connectivity index (χ0) is 14.9. The second-order valence-electron chi connectivity index (χ2n) is 4.69. The summed E-state index contributed by atoms with van der Waals surface area (Å²) in [5.41, 5.74) is 5.09. The Bertz CT molecular complexity index is 586. The third-order valence-electron chi connectivity index (χ3n) is 3.10. The van der Waals surface area contributed by atoms with Crippen molar-refractivity contribution in [2.24, 2.45) is 0 Å². The molecule has 3 rings (SSSR count). The van der Waals surface area contributed by atoms with Gasteiger partial charge < -0.3 is 0 Å². The van der Waals surface area contributed by atoms with Crippen LogP contribution in [0.2, 0.25) is 0 Å². The molecule has 3 aromatic rings. The van der Waals surface area contributed by atoms with Crippen LogP contribution in [0.25, 0.3) is 22.3 Å². The Morgan fingerprint density at radius 3 is 1.19 bits per heavy atom. The zero-order valence-electron chi connectivity index (χ0n) is 12.4. The normalized spacial score (nSPS) is 9.62. The zero-order valence-corrected chi connectivity index (χ0v) is 13.5. The average Bonchev–Trinajstić information content (AvgIpc) is 2.57. The summed E-state index contributed by atoms with van der Waals surface area (Å²) < 4.78 is 0. The summed E-state index contributed by atoms with van der Waals surface area (Å²) in [6.07, 6.45) is 1.17. The van der Waals surface area contributed by atoms with Gasteiger partial charge in [0, 0.05) is 0 Å². The molecule has 0 spiro atoms. The van der Waals surface area contributed by atoms with E-state index in [0.29, 0.717) is 0 Å². The van der Waals surface area contributed by atoms with Crippen LogP contribution in [0.1, 0.15) is 6.92 Å². The number of benzene rings is 3. The molecule has 0 bridgehead atoms. The van der Waals surface area contributed by atoms with E-state index in [1.807, 2.05) is 0 Å². The van der Waals surface area contributed by atoms with E-state index in [1.54, 1.807) is 0 Å². The second kappa shape index (κ2) is 8.39. The average molecular weight is 292 g/mol. The molecule has 1 unspecified atom stereocenters. The van der Waals surface area contributed by atoms with Gasteiger partial charge >= 0.3 is 0 Å². The molecule has 1 heteroatoms. The van der Waals surface area contributed by atoms with Crippen molar-refractivity contribution in [2.75, 3.05) is 6.16 Å². The maximum atomic E-state index is 2.58. The predicted octanol–water partition coefficient (Wildman–Crippen LogP) is 5.90. The summed E-state index contributed by atoms with van der Waals surface area (Å²) in [6, 6.07) is 29.6. The number of rotatable bonds is 2. The van der Waals surface area contributed by atoms with Crippen LogP contribution in [0.15, 0.2) is 84.9 Å². The van der Waals surface area contributed by atoms with Gasteiger partial charge in [-0.3, -0.25) is 0 Å². The molecule has 0 heterocycles. The first-order valence-electron chi connectivity index (χ1n) is 7.26. The van der Waals surface area contributed by atoms with Crippen molar-refractivity contribution in [3.05, 3.63) is 84.9 Å². The highest BCUT2D eigenvalue weighted by atomic mass is 31.0. The monoisotopic (exact) mass is 292 g/mol. The van der Waals surface area contributed by atoms with Crippen molar-refractivity contribution >= 4 is 9.24 Å². The van der Waals surface area contributed by atoms with Crippen LogP contribution >= 0.6 is 9.24 Å². The molecule has 0 fully saturated rings. The largest absolute Gasteiger partial charge is 0.138 e. The van der Waals surface area contributed by atoms with Crippen LogP contribution in [0, 0.1) is 0 Å². The lowest BCUT2D eigenvalue weighted by Gasteiger charge is -2.09. The van der Waals surface area contributed by atoms with Crippen molar-refractivity contribution < 1.29 is 0 Å². The quantitative estimate of drug-likeness (QED) is 0.516. The minimum atomic E-state index is 1.17. The molecule has 106 valence electrons. The van der Waals surface area contributed by atoms with Crippen molar-refractivity contribution in [3.8, 4) is 22.3 Å². The lowest BCUT2D eigenvalue weighted by Crippen LogP contribution is -1.83. The van der Waals surface area contributed by atoms with E-state index in [2.05, 4.69) is 101 Å². The first kappa shape index (κ1) is 15.5. The van der Waals surface area contributed by atoms with E-state index >= 15 is 0 Å². The Labute approximate surface area is 130 Å². The van der Waals surface area contributed by atoms with Crippen molar-refractivity contribution in [3.63, 3.8) is 0 Å². The SMILES string of the molecule is CCP.c1ccc(-c2ccccc2-c2ccccc2)cc1. The van der Waals surface area contributed by atoms with Crippen LogP contribution in [-0.4, -0.2) is 6.16 Å². The molecule has 21 heavy (non-hydrogen) atoms. The van der Waals surface area contributed by atoms with E-state index in [9.17, 15) is 0 Å². The highest BCUT2D eigenvalue weighted by molar-refractivity contribution is 7.16. The van der Waals surface area contributed by atoms with Crippen LogP contribution in [0.5, 0.6) is 0 Å². The lowest BCUT2D eigenvalue weighted by atomic mass is 9.95. The Morgan fingerprint density at radius 1 is 0.571 bits per heavy atom. The second-order valence-corrected chi connectivity index (χ2v) is 5.50. The number of hydrogen-bond acceptors (Lipinski definition) is 0. The highest BCUT2D eigenvalue weighted by Crippen LogP contribution is 2.31. The summed E-state index contributed by atoms with van der Waals surface area (Å²) in [6.45, 7) is 2.09. The lowest BCUT2D eigenvalue weighted by molar-refractivity contribution is 1.53. The molecule has 0 amide bonds. The standard InChI is InChI=1S/C18H14.C2H7P/c1-3-9-15(10-4-1)17-13-7-8-14-18(17)16-11-5-2-6-12-16;1-2-3/h1-14H;2-3H2,1H3.